The number of halogens is 1. The molecular weight excluding hydrogens is 361 g/mol. The van der Waals surface area contributed by atoms with Crippen molar-refractivity contribution in [2.75, 3.05) is 19.6 Å². The summed E-state index contributed by atoms with van der Waals surface area (Å²) in [5, 5.41) is 8.09. The number of alkyl halides is 1. The number of nitrogens with zero attached hydrogens (tertiary/aromatic N) is 3. The van der Waals surface area contributed by atoms with Crippen LogP contribution in [0.4, 0.5) is 4.39 Å². The number of hydrogen-bond acceptors (Lipinski definition) is 3. The number of H-pyrrole nitrogens is 2. The number of nitrogens with one attached hydrogen (secondary N) is 2. The monoisotopic (exact) mass is 381 g/mol. The molecule has 0 aliphatic carbocycles. The fourth-order valence-electron chi connectivity index (χ4n) is 4.06. The first kappa shape index (κ1) is 17.0. The largest absolute Gasteiger partial charge is 0.351 e. The number of rotatable bonds is 2. The number of hydrogen-bond donors (Lipinski definition) is 2. The third kappa shape index (κ3) is 2.76. The Morgan fingerprint density at radius 2 is 2.00 bits per heavy atom. The van der Waals surface area contributed by atoms with Gasteiger partial charge in [-0.15, -0.1) is 0 Å². The van der Waals surface area contributed by atoms with Crippen LogP contribution in [0.25, 0.3) is 10.9 Å². The lowest BCUT2D eigenvalue weighted by Crippen LogP contribution is -2.37. The minimum atomic E-state index is -0.973. The van der Waals surface area contributed by atoms with Crippen LogP contribution in [0.1, 0.15) is 38.7 Å². The van der Waals surface area contributed by atoms with Crippen LogP contribution in [-0.4, -0.2) is 62.6 Å². The van der Waals surface area contributed by atoms with Gasteiger partial charge in [-0.2, -0.15) is 5.10 Å². The van der Waals surface area contributed by atoms with Crippen molar-refractivity contribution in [1.29, 1.82) is 0 Å². The van der Waals surface area contributed by atoms with Crippen molar-refractivity contribution in [1.82, 2.24) is 25.0 Å². The van der Waals surface area contributed by atoms with Crippen molar-refractivity contribution >= 4 is 22.7 Å². The van der Waals surface area contributed by atoms with Gasteiger partial charge in [0.15, 0.2) is 5.69 Å². The Morgan fingerprint density at radius 3 is 2.79 bits per heavy atom. The zero-order chi connectivity index (χ0) is 19.3. The van der Waals surface area contributed by atoms with Crippen LogP contribution in [0, 0.1) is 0 Å². The molecule has 2 aliphatic rings. The normalized spacial score (nSPS) is 19.2. The zero-order valence-corrected chi connectivity index (χ0v) is 15.2. The lowest BCUT2D eigenvalue weighted by molar-refractivity contribution is 0.0717. The van der Waals surface area contributed by atoms with Crippen LogP contribution in [0.3, 0.4) is 0 Å². The van der Waals surface area contributed by atoms with E-state index in [4.69, 9.17) is 0 Å². The highest BCUT2D eigenvalue weighted by Crippen LogP contribution is 2.25. The maximum atomic E-state index is 13.5. The van der Waals surface area contributed by atoms with Crippen LogP contribution >= 0.6 is 0 Å². The van der Waals surface area contributed by atoms with Crippen LogP contribution in [-0.2, 0) is 13.0 Å². The van der Waals surface area contributed by atoms with Crippen molar-refractivity contribution < 1.29 is 14.0 Å². The third-order valence-corrected chi connectivity index (χ3v) is 5.60. The average Bonchev–Trinajstić information content (AvgIpc) is 3.43. The fourth-order valence-corrected chi connectivity index (χ4v) is 4.06. The van der Waals surface area contributed by atoms with Crippen LogP contribution in [0.5, 0.6) is 0 Å². The molecule has 28 heavy (non-hydrogen) atoms. The Hall–Kier alpha value is -3.16. The molecule has 0 spiro atoms. The predicted molar refractivity (Wildman–Crippen MR) is 101 cm³/mol. The van der Waals surface area contributed by atoms with E-state index in [1.54, 1.807) is 4.90 Å². The van der Waals surface area contributed by atoms with Gasteiger partial charge in [-0.3, -0.25) is 14.7 Å². The van der Waals surface area contributed by atoms with Crippen molar-refractivity contribution in [3.8, 4) is 0 Å². The zero-order valence-electron chi connectivity index (χ0n) is 15.2. The summed E-state index contributed by atoms with van der Waals surface area (Å²) >= 11 is 0. The summed E-state index contributed by atoms with van der Waals surface area (Å²) in [6.45, 7) is 1.37. The van der Waals surface area contributed by atoms with Crippen molar-refractivity contribution in [3.05, 3.63) is 53.0 Å². The first-order valence-electron chi connectivity index (χ1n) is 9.46. The maximum absolute atomic E-state index is 13.5. The van der Waals surface area contributed by atoms with E-state index in [0.29, 0.717) is 43.9 Å². The molecule has 0 bridgehead atoms. The molecule has 7 nitrogen and oxygen atoms in total. The van der Waals surface area contributed by atoms with E-state index in [9.17, 15) is 14.0 Å². The second kappa shape index (κ2) is 6.47. The van der Waals surface area contributed by atoms with Crippen molar-refractivity contribution in [2.24, 2.45) is 0 Å². The molecule has 5 rings (SSSR count). The summed E-state index contributed by atoms with van der Waals surface area (Å²) in [4.78, 5) is 32.1. The lowest BCUT2D eigenvalue weighted by atomic mass is 10.0. The molecule has 1 fully saturated rings. The fraction of sp³-hybridized carbons (Fsp3) is 0.350. The van der Waals surface area contributed by atoms with Crippen LogP contribution < -0.4 is 0 Å². The quantitative estimate of drug-likeness (QED) is 0.714. The highest BCUT2D eigenvalue weighted by atomic mass is 19.1. The molecule has 4 heterocycles. The SMILES string of the molecule is O=C(c1cc2ccccc2[nH]1)N1CCc2[nH]nc(C(=O)N3CC[C@@H](F)C3)c2C1. The average molecular weight is 381 g/mol. The van der Waals surface area contributed by atoms with E-state index in [1.165, 1.54) is 4.90 Å². The van der Waals surface area contributed by atoms with Crippen molar-refractivity contribution in [2.45, 2.75) is 25.6 Å². The number of aromatic nitrogens is 3. The third-order valence-electron chi connectivity index (χ3n) is 5.60. The number of carbonyl (C=O) groups excluding carboxylic acids is 2. The topological polar surface area (TPSA) is 85.1 Å². The Kier molecular flexibility index (Phi) is 3.92. The van der Waals surface area contributed by atoms with Gasteiger partial charge in [0.05, 0.1) is 13.1 Å². The molecule has 8 heteroatoms. The standard InChI is InChI=1S/C20H20FN5O2/c21-13-5-7-25(10-13)20(28)18-14-11-26(8-6-16(14)23-24-18)19(27)17-9-12-3-1-2-4-15(12)22-17/h1-4,9,13,22H,5-8,10-11H2,(H,23,24)/t13-/m1/s1. The molecule has 144 valence electrons. The molecule has 1 aromatic carbocycles. The summed E-state index contributed by atoms with van der Waals surface area (Å²) in [6, 6.07) is 9.59. The molecule has 2 aromatic heterocycles. The highest BCUT2D eigenvalue weighted by molar-refractivity contribution is 5.98. The molecule has 0 unspecified atom stereocenters. The van der Waals surface area contributed by atoms with E-state index < -0.39 is 6.17 Å². The van der Waals surface area contributed by atoms with Gasteiger partial charge in [-0.1, -0.05) is 18.2 Å². The minimum Gasteiger partial charge on any atom is -0.351 e. The lowest BCUT2D eigenvalue weighted by Gasteiger charge is -2.27. The summed E-state index contributed by atoms with van der Waals surface area (Å²) in [5.41, 5.74) is 3.36. The second-order valence-electron chi connectivity index (χ2n) is 7.41. The molecule has 2 amide bonds. The van der Waals surface area contributed by atoms with Gasteiger partial charge in [0, 0.05) is 41.7 Å². The first-order chi connectivity index (χ1) is 13.6. The van der Waals surface area contributed by atoms with Gasteiger partial charge in [0.25, 0.3) is 11.8 Å². The molecule has 0 radical (unpaired) electrons. The first-order valence-corrected chi connectivity index (χ1v) is 9.46. The van der Waals surface area contributed by atoms with E-state index in [0.717, 1.165) is 22.2 Å². The Morgan fingerprint density at radius 1 is 1.14 bits per heavy atom. The van der Waals surface area contributed by atoms with Gasteiger partial charge in [0.1, 0.15) is 11.9 Å². The molecule has 0 saturated carbocycles. The number of fused-ring (bicyclic) bond motifs is 2. The van der Waals surface area contributed by atoms with E-state index in [-0.39, 0.29) is 18.4 Å². The number of carbonyl (C=O) groups is 2. The van der Waals surface area contributed by atoms with E-state index in [2.05, 4.69) is 15.2 Å². The number of amides is 2. The van der Waals surface area contributed by atoms with Crippen LogP contribution in [0.15, 0.2) is 30.3 Å². The van der Waals surface area contributed by atoms with Gasteiger partial charge in [-0.05, 0) is 18.6 Å². The van der Waals surface area contributed by atoms with E-state index in [1.807, 2.05) is 30.3 Å². The molecule has 3 aromatic rings. The summed E-state index contributed by atoms with van der Waals surface area (Å²) in [7, 11) is 0. The van der Waals surface area contributed by atoms with Gasteiger partial charge < -0.3 is 14.8 Å². The number of benzene rings is 1. The molecule has 2 aliphatic heterocycles. The number of likely N-dealkylation sites (tertiary alicyclic amines) is 1. The predicted octanol–water partition coefficient (Wildman–Crippen LogP) is 2.27. The van der Waals surface area contributed by atoms with E-state index >= 15 is 0 Å². The minimum absolute atomic E-state index is 0.105. The van der Waals surface area contributed by atoms with Crippen molar-refractivity contribution in [3.63, 3.8) is 0 Å². The summed E-state index contributed by atoms with van der Waals surface area (Å²) in [6.07, 6.45) is -0.00441. The maximum Gasteiger partial charge on any atom is 0.274 e. The molecule has 2 N–H and O–H groups in total. The summed E-state index contributed by atoms with van der Waals surface area (Å²) in [5.74, 6) is -0.371. The molecule has 1 saturated heterocycles. The number of aromatic amines is 2. The molecule has 1 atom stereocenters. The van der Waals surface area contributed by atoms with Gasteiger partial charge >= 0.3 is 0 Å². The van der Waals surface area contributed by atoms with Gasteiger partial charge in [0.2, 0.25) is 0 Å². The highest BCUT2D eigenvalue weighted by Gasteiger charge is 2.33. The Balaban J connectivity index is 1.39. The Labute approximate surface area is 160 Å². The smallest absolute Gasteiger partial charge is 0.274 e. The Bertz CT molecular complexity index is 1040. The summed E-state index contributed by atoms with van der Waals surface area (Å²) < 4.78 is 13.5. The van der Waals surface area contributed by atoms with Crippen LogP contribution in [0.2, 0.25) is 0 Å². The number of para-hydroxylation sites is 1. The van der Waals surface area contributed by atoms with Gasteiger partial charge in [-0.25, -0.2) is 4.39 Å². The second-order valence-corrected chi connectivity index (χ2v) is 7.41. The molecular formula is C20H20FN5O2.